The van der Waals surface area contributed by atoms with Crippen LogP contribution in [0.25, 0.3) is 6.08 Å². The van der Waals surface area contributed by atoms with Crippen molar-refractivity contribution < 1.29 is 4.39 Å². The van der Waals surface area contributed by atoms with E-state index in [2.05, 4.69) is 6.58 Å². The molecular formula is C10H10ClF. The summed E-state index contributed by atoms with van der Waals surface area (Å²) < 4.78 is 13.2. The summed E-state index contributed by atoms with van der Waals surface area (Å²) in [7, 11) is 0. The Morgan fingerprint density at radius 3 is 2.75 bits per heavy atom. The zero-order valence-corrected chi connectivity index (χ0v) is 7.66. The van der Waals surface area contributed by atoms with Gasteiger partial charge in [0, 0.05) is 0 Å². The molecule has 0 atom stereocenters. The monoisotopic (exact) mass is 184 g/mol. The van der Waals surface area contributed by atoms with Crippen LogP contribution in [0.2, 0.25) is 5.02 Å². The summed E-state index contributed by atoms with van der Waals surface area (Å²) in [5.41, 5.74) is 1.50. The van der Waals surface area contributed by atoms with Gasteiger partial charge in [0.2, 0.25) is 0 Å². The van der Waals surface area contributed by atoms with Crippen molar-refractivity contribution in [1.82, 2.24) is 0 Å². The second-order valence-corrected chi connectivity index (χ2v) is 2.94. The topological polar surface area (TPSA) is 0 Å². The molecule has 0 unspecified atom stereocenters. The van der Waals surface area contributed by atoms with Crippen molar-refractivity contribution in [3.63, 3.8) is 0 Å². The van der Waals surface area contributed by atoms with Crippen LogP contribution in [0.15, 0.2) is 18.7 Å². The summed E-state index contributed by atoms with van der Waals surface area (Å²) in [4.78, 5) is 0. The Bertz CT molecular complexity index is 305. The number of benzene rings is 1. The zero-order valence-electron chi connectivity index (χ0n) is 6.90. The predicted octanol–water partition coefficient (Wildman–Crippen LogP) is 3.68. The van der Waals surface area contributed by atoms with E-state index in [9.17, 15) is 4.39 Å². The van der Waals surface area contributed by atoms with E-state index in [0.717, 1.165) is 5.56 Å². The third-order valence-electron chi connectivity index (χ3n) is 1.74. The Labute approximate surface area is 76.7 Å². The summed E-state index contributed by atoms with van der Waals surface area (Å²) in [5.74, 6) is -0.315. The molecule has 0 N–H and O–H groups in total. The van der Waals surface area contributed by atoms with Crippen molar-refractivity contribution in [2.75, 3.05) is 0 Å². The number of hydrogen-bond donors (Lipinski definition) is 0. The summed E-state index contributed by atoms with van der Waals surface area (Å²) >= 11 is 5.65. The fraction of sp³-hybridized carbons (Fsp3) is 0.200. The molecule has 0 radical (unpaired) electrons. The number of hydrogen-bond acceptors (Lipinski definition) is 0. The minimum absolute atomic E-state index is 0.171. The lowest BCUT2D eigenvalue weighted by atomic mass is 10.1. The average Bonchev–Trinajstić information content (AvgIpc) is 2.09. The lowest BCUT2D eigenvalue weighted by Gasteiger charge is -2.03. The van der Waals surface area contributed by atoms with Crippen LogP contribution in [0.5, 0.6) is 0 Å². The quantitative estimate of drug-likeness (QED) is 0.658. The van der Waals surface area contributed by atoms with Gasteiger partial charge in [-0.05, 0) is 29.7 Å². The molecule has 0 aliphatic rings. The second-order valence-electron chi connectivity index (χ2n) is 2.53. The van der Waals surface area contributed by atoms with E-state index >= 15 is 0 Å². The van der Waals surface area contributed by atoms with Crippen LogP contribution in [0.4, 0.5) is 4.39 Å². The largest absolute Gasteiger partial charge is 0.205 e. The number of rotatable bonds is 2. The molecule has 0 fully saturated rings. The molecule has 0 spiro atoms. The number of aryl methyl sites for hydroxylation is 1. The van der Waals surface area contributed by atoms with Crippen molar-refractivity contribution in [1.29, 1.82) is 0 Å². The first-order valence-electron chi connectivity index (χ1n) is 3.79. The van der Waals surface area contributed by atoms with Gasteiger partial charge < -0.3 is 0 Å². The third-order valence-corrected chi connectivity index (χ3v) is 2.02. The molecule has 0 nitrogen and oxygen atoms in total. The minimum atomic E-state index is -0.315. The molecule has 0 heterocycles. The average molecular weight is 185 g/mol. The van der Waals surface area contributed by atoms with Gasteiger partial charge >= 0.3 is 0 Å². The summed E-state index contributed by atoms with van der Waals surface area (Å²) in [6, 6.07) is 3.33. The molecule has 2 heteroatoms. The number of halogens is 2. The third kappa shape index (κ3) is 1.67. The summed E-state index contributed by atoms with van der Waals surface area (Å²) in [6.45, 7) is 5.49. The second kappa shape index (κ2) is 3.72. The predicted molar refractivity (Wildman–Crippen MR) is 50.9 cm³/mol. The van der Waals surface area contributed by atoms with Crippen molar-refractivity contribution in [3.05, 3.63) is 40.7 Å². The maximum absolute atomic E-state index is 13.2. The van der Waals surface area contributed by atoms with Gasteiger partial charge in [-0.3, -0.25) is 0 Å². The van der Waals surface area contributed by atoms with Gasteiger partial charge in [0.25, 0.3) is 0 Å². The van der Waals surface area contributed by atoms with Crippen molar-refractivity contribution in [2.45, 2.75) is 13.3 Å². The fourth-order valence-corrected chi connectivity index (χ4v) is 1.29. The molecule has 0 amide bonds. The van der Waals surface area contributed by atoms with Gasteiger partial charge in [-0.1, -0.05) is 31.2 Å². The maximum Gasteiger partial charge on any atom is 0.144 e. The molecule has 0 aliphatic heterocycles. The van der Waals surface area contributed by atoms with Gasteiger partial charge in [-0.2, -0.15) is 0 Å². The lowest BCUT2D eigenvalue weighted by molar-refractivity contribution is 0.612. The van der Waals surface area contributed by atoms with Gasteiger partial charge in [0.05, 0.1) is 5.02 Å². The molecule has 0 saturated carbocycles. The Hall–Kier alpha value is -0.820. The Morgan fingerprint density at radius 2 is 2.25 bits per heavy atom. The highest BCUT2D eigenvalue weighted by molar-refractivity contribution is 6.30. The van der Waals surface area contributed by atoms with Crippen molar-refractivity contribution in [3.8, 4) is 0 Å². The molecule has 1 rings (SSSR count). The summed E-state index contributed by atoms with van der Waals surface area (Å²) in [6.07, 6.45) is 2.30. The van der Waals surface area contributed by atoms with Crippen LogP contribution >= 0.6 is 11.6 Å². The zero-order chi connectivity index (χ0) is 9.14. The van der Waals surface area contributed by atoms with Crippen LogP contribution in [-0.2, 0) is 6.42 Å². The van der Waals surface area contributed by atoms with Crippen LogP contribution < -0.4 is 0 Å². The van der Waals surface area contributed by atoms with E-state index in [4.69, 9.17) is 11.6 Å². The highest BCUT2D eigenvalue weighted by atomic mass is 35.5. The van der Waals surface area contributed by atoms with E-state index in [1.165, 1.54) is 0 Å². The highest BCUT2D eigenvalue weighted by Gasteiger charge is 2.05. The Kier molecular flexibility index (Phi) is 2.88. The molecule has 0 aliphatic carbocycles. The first-order chi connectivity index (χ1) is 5.69. The Morgan fingerprint density at radius 1 is 1.58 bits per heavy atom. The molecular weight excluding hydrogens is 175 g/mol. The van der Waals surface area contributed by atoms with Crippen LogP contribution in [0.1, 0.15) is 18.1 Å². The van der Waals surface area contributed by atoms with E-state index in [1.54, 1.807) is 18.2 Å². The maximum atomic E-state index is 13.2. The van der Waals surface area contributed by atoms with Crippen molar-refractivity contribution >= 4 is 17.7 Å². The molecule has 12 heavy (non-hydrogen) atoms. The summed E-state index contributed by atoms with van der Waals surface area (Å²) in [5, 5.41) is 0.171. The van der Waals surface area contributed by atoms with Gasteiger partial charge in [-0.25, -0.2) is 4.39 Å². The lowest BCUT2D eigenvalue weighted by Crippen LogP contribution is -1.89. The first kappa shape index (κ1) is 9.27. The van der Waals surface area contributed by atoms with Crippen LogP contribution in [0.3, 0.4) is 0 Å². The fourth-order valence-electron chi connectivity index (χ4n) is 1.04. The molecule has 0 saturated heterocycles. The highest BCUT2D eigenvalue weighted by Crippen LogP contribution is 2.21. The van der Waals surface area contributed by atoms with Crippen LogP contribution in [-0.4, -0.2) is 0 Å². The molecule has 1 aromatic carbocycles. The SMILES string of the molecule is C=Cc1cc(Cl)c(F)c(CC)c1. The van der Waals surface area contributed by atoms with E-state index in [-0.39, 0.29) is 10.8 Å². The van der Waals surface area contributed by atoms with Crippen molar-refractivity contribution in [2.24, 2.45) is 0 Å². The Balaban J connectivity index is 3.28. The van der Waals surface area contributed by atoms with E-state index in [0.29, 0.717) is 12.0 Å². The molecule has 0 aromatic heterocycles. The molecule has 0 bridgehead atoms. The smallest absolute Gasteiger partial charge is 0.144 e. The first-order valence-corrected chi connectivity index (χ1v) is 4.17. The van der Waals surface area contributed by atoms with E-state index in [1.807, 2.05) is 6.92 Å². The normalized spacial score (nSPS) is 9.92. The minimum Gasteiger partial charge on any atom is -0.205 e. The standard InChI is InChI=1S/C10H10ClF/c1-3-7-5-8(4-2)10(12)9(11)6-7/h3,5-6H,1,4H2,2H3. The molecule has 64 valence electrons. The van der Waals surface area contributed by atoms with E-state index < -0.39 is 0 Å². The van der Waals surface area contributed by atoms with Gasteiger partial charge in [0.1, 0.15) is 5.82 Å². The van der Waals surface area contributed by atoms with Gasteiger partial charge in [0.15, 0.2) is 0 Å². The van der Waals surface area contributed by atoms with Gasteiger partial charge in [-0.15, -0.1) is 0 Å². The van der Waals surface area contributed by atoms with Crippen LogP contribution in [0, 0.1) is 5.82 Å². The molecule has 1 aromatic rings.